The highest BCUT2D eigenvalue weighted by Gasteiger charge is 2.19. The summed E-state index contributed by atoms with van der Waals surface area (Å²) >= 11 is 0. The van der Waals surface area contributed by atoms with Crippen molar-refractivity contribution >= 4 is 17.6 Å². The van der Waals surface area contributed by atoms with Crippen LogP contribution in [-0.4, -0.2) is 24.6 Å². The van der Waals surface area contributed by atoms with Crippen molar-refractivity contribution in [2.24, 2.45) is 0 Å². The molecule has 1 atom stereocenters. The van der Waals surface area contributed by atoms with Crippen molar-refractivity contribution in [1.82, 2.24) is 0 Å². The highest BCUT2D eigenvalue weighted by molar-refractivity contribution is 5.98. The zero-order valence-electron chi connectivity index (χ0n) is 17.1. The summed E-state index contributed by atoms with van der Waals surface area (Å²) in [5.74, 6) is -0.168. The van der Waals surface area contributed by atoms with Crippen LogP contribution < -0.4 is 10.1 Å². The topological polar surface area (TPSA) is 64.6 Å². The first-order valence-electron chi connectivity index (χ1n) is 9.87. The van der Waals surface area contributed by atoms with Crippen LogP contribution in [0.25, 0.3) is 11.1 Å². The van der Waals surface area contributed by atoms with Crippen LogP contribution in [0.3, 0.4) is 0 Å². The Morgan fingerprint density at radius 2 is 1.67 bits per heavy atom. The van der Waals surface area contributed by atoms with Gasteiger partial charge in [0.2, 0.25) is 0 Å². The van der Waals surface area contributed by atoms with Crippen LogP contribution in [0.1, 0.15) is 18.9 Å². The van der Waals surface area contributed by atoms with Crippen LogP contribution in [-0.2, 0) is 14.3 Å². The summed E-state index contributed by atoms with van der Waals surface area (Å²) in [6, 6.07) is 24.9. The minimum Gasteiger partial charge on any atom is -0.493 e. The fraction of sp³-hybridized carbons (Fsp3) is 0.200. The zero-order valence-corrected chi connectivity index (χ0v) is 17.1. The maximum Gasteiger partial charge on any atom is 0.310 e. The number of anilines is 1. The third-order valence-electron chi connectivity index (χ3n) is 4.51. The van der Waals surface area contributed by atoms with Crippen molar-refractivity contribution in [2.45, 2.75) is 26.4 Å². The largest absolute Gasteiger partial charge is 0.493 e. The predicted octanol–water partition coefficient (Wildman–Crippen LogP) is 5.00. The van der Waals surface area contributed by atoms with Gasteiger partial charge in [-0.3, -0.25) is 9.59 Å². The Labute approximate surface area is 176 Å². The SMILES string of the molecule is Cc1cccc(OCCC(=O)O[C@@H](C)C(=O)Nc2ccccc2-c2ccccc2)c1. The monoisotopic (exact) mass is 403 g/mol. The molecule has 0 bridgehead atoms. The number of esters is 1. The molecule has 5 nitrogen and oxygen atoms in total. The van der Waals surface area contributed by atoms with Gasteiger partial charge in [0, 0.05) is 11.3 Å². The van der Waals surface area contributed by atoms with Gasteiger partial charge in [0.25, 0.3) is 5.91 Å². The van der Waals surface area contributed by atoms with E-state index >= 15 is 0 Å². The van der Waals surface area contributed by atoms with Gasteiger partial charge in [-0.1, -0.05) is 60.7 Å². The molecule has 0 saturated heterocycles. The molecule has 0 heterocycles. The molecule has 1 N–H and O–H groups in total. The number of carbonyl (C=O) groups excluding carboxylic acids is 2. The van der Waals surface area contributed by atoms with Crippen LogP contribution in [0, 0.1) is 6.92 Å². The van der Waals surface area contributed by atoms with Crippen LogP contribution in [0.2, 0.25) is 0 Å². The number of benzene rings is 3. The van der Waals surface area contributed by atoms with E-state index in [-0.39, 0.29) is 18.9 Å². The smallest absolute Gasteiger partial charge is 0.310 e. The van der Waals surface area contributed by atoms with Crippen molar-refractivity contribution in [3.8, 4) is 16.9 Å². The van der Waals surface area contributed by atoms with Gasteiger partial charge in [-0.15, -0.1) is 0 Å². The van der Waals surface area contributed by atoms with Gasteiger partial charge >= 0.3 is 5.97 Å². The molecule has 0 aliphatic heterocycles. The predicted molar refractivity (Wildman–Crippen MR) is 117 cm³/mol. The van der Waals surface area contributed by atoms with Crippen molar-refractivity contribution in [3.05, 3.63) is 84.4 Å². The number of hydrogen-bond donors (Lipinski definition) is 1. The number of carbonyl (C=O) groups is 2. The van der Waals surface area contributed by atoms with Crippen LogP contribution in [0.5, 0.6) is 5.75 Å². The van der Waals surface area contributed by atoms with E-state index in [0.29, 0.717) is 11.4 Å². The second-order valence-corrected chi connectivity index (χ2v) is 6.95. The Morgan fingerprint density at radius 1 is 0.933 bits per heavy atom. The van der Waals surface area contributed by atoms with Gasteiger partial charge in [0.15, 0.2) is 6.10 Å². The normalized spacial score (nSPS) is 11.4. The Balaban J connectivity index is 1.52. The van der Waals surface area contributed by atoms with E-state index in [1.54, 1.807) is 6.92 Å². The molecule has 30 heavy (non-hydrogen) atoms. The number of ether oxygens (including phenoxy) is 2. The van der Waals surface area contributed by atoms with Crippen molar-refractivity contribution in [3.63, 3.8) is 0 Å². The van der Waals surface area contributed by atoms with E-state index in [1.165, 1.54) is 0 Å². The molecule has 0 radical (unpaired) electrons. The molecule has 1 amide bonds. The molecule has 0 saturated carbocycles. The summed E-state index contributed by atoms with van der Waals surface area (Å²) in [4.78, 5) is 24.6. The van der Waals surface area contributed by atoms with E-state index in [4.69, 9.17) is 9.47 Å². The molecule has 0 unspecified atom stereocenters. The minimum absolute atomic E-state index is 0.0617. The molecule has 0 aliphatic rings. The second-order valence-electron chi connectivity index (χ2n) is 6.95. The maximum atomic E-state index is 12.5. The summed E-state index contributed by atoms with van der Waals surface area (Å²) in [5, 5.41) is 2.85. The van der Waals surface area contributed by atoms with E-state index in [1.807, 2.05) is 85.8 Å². The molecule has 3 aromatic rings. The Hall–Kier alpha value is -3.60. The highest BCUT2D eigenvalue weighted by Crippen LogP contribution is 2.27. The molecule has 154 valence electrons. The summed E-state index contributed by atoms with van der Waals surface area (Å²) in [6.45, 7) is 3.71. The quantitative estimate of drug-likeness (QED) is 0.538. The zero-order chi connectivity index (χ0) is 21.3. The van der Waals surface area contributed by atoms with Gasteiger partial charge in [0.1, 0.15) is 5.75 Å². The van der Waals surface area contributed by atoms with E-state index in [0.717, 1.165) is 16.7 Å². The Morgan fingerprint density at radius 3 is 2.43 bits per heavy atom. The number of aryl methyl sites for hydroxylation is 1. The Bertz CT molecular complexity index is 1000. The highest BCUT2D eigenvalue weighted by atomic mass is 16.5. The van der Waals surface area contributed by atoms with E-state index in [2.05, 4.69) is 5.32 Å². The first-order chi connectivity index (χ1) is 14.5. The number of hydrogen-bond acceptors (Lipinski definition) is 4. The number of nitrogens with one attached hydrogen (secondary N) is 1. The average Bonchev–Trinajstić information content (AvgIpc) is 2.75. The third-order valence-corrected chi connectivity index (χ3v) is 4.51. The summed E-state index contributed by atoms with van der Waals surface area (Å²) in [6.07, 6.45) is -0.855. The lowest BCUT2D eigenvalue weighted by atomic mass is 10.0. The summed E-state index contributed by atoms with van der Waals surface area (Å²) < 4.78 is 10.8. The fourth-order valence-corrected chi connectivity index (χ4v) is 2.96. The van der Waals surface area contributed by atoms with E-state index < -0.39 is 12.1 Å². The van der Waals surface area contributed by atoms with Crippen LogP contribution in [0.15, 0.2) is 78.9 Å². The van der Waals surface area contributed by atoms with Crippen molar-refractivity contribution in [1.29, 1.82) is 0 Å². The van der Waals surface area contributed by atoms with Gasteiger partial charge < -0.3 is 14.8 Å². The summed E-state index contributed by atoms with van der Waals surface area (Å²) in [5.41, 5.74) is 3.64. The molecule has 0 aliphatic carbocycles. The van der Waals surface area contributed by atoms with Crippen molar-refractivity contribution in [2.75, 3.05) is 11.9 Å². The maximum absolute atomic E-state index is 12.5. The minimum atomic E-state index is -0.916. The average molecular weight is 403 g/mol. The van der Waals surface area contributed by atoms with E-state index in [9.17, 15) is 9.59 Å². The molecule has 0 aromatic heterocycles. The number of rotatable bonds is 8. The lowest BCUT2D eigenvalue weighted by molar-refractivity contribution is -0.153. The van der Waals surface area contributed by atoms with Crippen LogP contribution in [0.4, 0.5) is 5.69 Å². The molecule has 3 aromatic carbocycles. The molecule has 3 rings (SSSR count). The Kier molecular flexibility index (Phi) is 7.22. The van der Waals surface area contributed by atoms with Gasteiger partial charge in [0.05, 0.1) is 13.0 Å². The molecular weight excluding hydrogens is 378 g/mol. The first kappa shape index (κ1) is 21.1. The molecule has 0 spiro atoms. The number of amides is 1. The van der Waals surface area contributed by atoms with Crippen molar-refractivity contribution < 1.29 is 19.1 Å². The lowest BCUT2D eigenvalue weighted by Crippen LogP contribution is -2.30. The third kappa shape index (κ3) is 5.95. The summed E-state index contributed by atoms with van der Waals surface area (Å²) in [7, 11) is 0. The number of para-hydroxylation sites is 1. The van der Waals surface area contributed by atoms with Gasteiger partial charge in [-0.25, -0.2) is 0 Å². The second kappa shape index (κ2) is 10.3. The fourth-order valence-electron chi connectivity index (χ4n) is 2.96. The van der Waals surface area contributed by atoms with Crippen LogP contribution >= 0.6 is 0 Å². The first-order valence-corrected chi connectivity index (χ1v) is 9.87. The lowest BCUT2D eigenvalue weighted by Gasteiger charge is -2.16. The van der Waals surface area contributed by atoms with Gasteiger partial charge in [-0.05, 0) is 43.2 Å². The molecule has 0 fully saturated rings. The molecule has 5 heteroatoms. The molecular formula is C25H25NO4. The van der Waals surface area contributed by atoms with Gasteiger partial charge in [-0.2, -0.15) is 0 Å². The standard InChI is InChI=1S/C25H25NO4/c1-18-9-8-12-21(17-18)29-16-15-24(27)30-19(2)25(28)26-23-14-7-6-13-22(23)20-10-4-3-5-11-20/h3-14,17,19H,15-16H2,1-2H3,(H,26,28)/t19-/m0/s1.